The van der Waals surface area contributed by atoms with Crippen molar-refractivity contribution in [3.05, 3.63) is 95.6 Å². The summed E-state index contributed by atoms with van der Waals surface area (Å²) in [7, 11) is 0.607. The fourth-order valence-electron chi connectivity index (χ4n) is 4.95. The van der Waals surface area contributed by atoms with E-state index in [2.05, 4.69) is 5.32 Å². The Labute approximate surface area is 281 Å². The molecule has 0 radical (unpaired) electrons. The van der Waals surface area contributed by atoms with Crippen LogP contribution < -0.4 is 10.8 Å². The number of carbonyl (C=O) groups excluding carboxylic acids is 4. The molecule has 3 aromatic carbocycles. The van der Waals surface area contributed by atoms with Gasteiger partial charge in [0, 0.05) is 6.42 Å². The first-order valence-corrected chi connectivity index (χ1v) is 15.7. The molecule has 1 aliphatic heterocycles. The third-order valence-corrected chi connectivity index (χ3v) is 8.50. The molecule has 1 fully saturated rings. The van der Waals surface area contributed by atoms with Crippen LogP contribution >= 0.6 is 0 Å². The molecule has 1 amide bonds. The van der Waals surface area contributed by atoms with Crippen LogP contribution in [-0.4, -0.2) is 60.4 Å². The Morgan fingerprint density at radius 3 is 2.00 bits per heavy atom. The topological polar surface area (TPSA) is 147 Å². The first-order valence-electron chi connectivity index (χ1n) is 15.7. The number of phenols is 1. The Hall–Kier alpha value is -4.68. The molecule has 0 unspecified atom stereocenters. The lowest BCUT2D eigenvalue weighted by molar-refractivity contribution is -0.152. The van der Waals surface area contributed by atoms with E-state index in [1.165, 1.54) is 19.2 Å². The van der Waals surface area contributed by atoms with Gasteiger partial charge in [-0.2, -0.15) is 0 Å². The van der Waals surface area contributed by atoms with Crippen LogP contribution in [0, 0.1) is 5.92 Å². The Bertz CT molecular complexity index is 1560. The van der Waals surface area contributed by atoms with Gasteiger partial charge < -0.3 is 33.9 Å². The number of rotatable bonds is 14. The van der Waals surface area contributed by atoms with Crippen LogP contribution in [0.5, 0.6) is 5.75 Å². The molecule has 12 heteroatoms. The van der Waals surface area contributed by atoms with Crippen molar-refractivity contribution >= 4 is 36.4 Å². The number of carbonyl (C=O) groups is 4. The van der Waals surface area contributed by atoms with E-state index >= 15 is 0 Å². The molecule has 0 saturated carbocycles. The molecule has 0 aliphatic carbocycles. The number of ether oxygens (including phenoxy) is 3. The maximum Gasteiger partial charge on any atom is 0.494 e. The SMILES string of the molecule is COC(=O)C[C@H](CC(=O)OCc1cccc(O)c1)C(=O)N[C@@H](Cc1ccc(B2OC(C)(C)C(C)(C)O2)cc1)C(=O)OCc1ccccc1. The number of nitrogens with one attached hydrogen (secondary N) is 1. The normalized spacial score (nSPS) is 16.0. The lowest BCUT2D eigenvalue weighted by Crippen LogP contribution is -2.46. The van der Waals surface area contributed by atoms with Crippen molar-refractivity contribution in [2.75, 3.05) is 7.11 Å². The number of benzene rings is 3. The highest BCUT2D eigenvalue weighted by Gasteiger charge is 2.51. The van der Waals surface area contributed by atoms with Crippen molar-refractivity contribution in [2.24, 2.45) is 5.92 Å². The van der Waals surface area contributed by atoms with Crippen molar-refractivity contribution in [2.45, 2.75) is 77.4 Å². The van der Waals surface area contributed by atoms with E-state index in [9.17, 15) is 24.3 Å². The highest BCUT2D eigenvalue weighted by molar-refractivity contribution is 6.62. The van der Waals surface area contributed by atoms with Crippen LogP contribution in [0.2, 0.25) is 0 Å². The number of hydrogen-bond donors (Lipinski definition) is 2. The molecule has 2 N–H and O–H groups in total. The third kappa shape index (κ3) is 9.92. The van der Waals surface area contributed by atoms with E-state index in [0.717, 1.165) is 11.0 Å². The molecule has 0 spiro atoms. The van der Waals surface area contributed by atoms with Crippen LogP contribution in [0.1, 0.15) is 57.2 Å². The van der Waals surface area contributed by atoms with Crippen molar-refractivity contribution in [1.82, 2.24) is 5.32 Å². The molecule has 11 nitrogen and oxygen atoms in total. The minimum atomic E-state index is -1.19. The number of amides is 1. The summed E-state index contributed by atoms with van der Waals surface area (Å²) in [5, 5.41) is 12.4. The molecule has 3 aromatic rings. The van der Waals surface area contributed by atoms with E-state index in [-0.39, 0.29) is 25.4 Å². The summed E-state index contributed by atoms with van der Waals surface area (Å²) in [6.45, 7) is 7.72. The van der Waals surface area contributed by atoms with E-state index < -0.39 is 66.9 Å². The molecule has 0 aromatic heterocycles. The lowest BCUT2D eigenvalue weighted by atomic mass is 9.78. The fraction of sp³-hybridized carbons (Fsp3) is 0.389. The van der Waals surface area contributed by atoms with Gasteiger partial charge in [0.05, 0.1) is 37.1 Å². The fourth-order valence-corrected chi connectivity index (χ4v) is 4.95. The molecule has 4 rings (SSSR count). The number of methoxy groups -OCH3 is 1. The van der Waals surface area contributed by atoms with Gasteiger partial charge in [-0.3, -0.25) is 14.4 Å². The molecule has 0 bridgehead atoms. The molecule has 2 atom stereocenters. The summed E-state index contributed by atoms with van der Waals surface area (Å²) in [6, 6.07) is 21.5. The molecular weight excluding hydrogens is 617 g/mol. The van der Waals surface area contributed by atoms with Gasteiger partial charge in [-0.15, -0.1) is 0 Å². The Kier molecular flexibility index (Phi) is 12.0. The number of esters is 3. The Morgan fingerprint density at radius 2 is 1.38 bits per heavy atom. The number of aromatic hydroxyl groups is 1. The van der Waals surface area contributed by atoms with Crippen LogP contribution in [0.3, 0.4) is 0 Å². The first-order chi connectivity index (χ1) is 22.8. The Balaban J connectivity index is 1.48. The molecule has 1 saturated heterocycles. The van der Waals surface area contributed by atoms with Gasteiger partial charge in [0.1, 0.15) is 25.0 Å². The average molecular weight is 660 g/mol. The minimum absolute atomic E-state index is 0.0134. The van der Waals surface area contributed by atoms with Crippen molar-refractivity contribution < 1.29 is 47.8 Å². The minimum Gasteiger partial charge on any atom is -0.508 e. The monoisotopic (exact) mass is 659 g/mol. The van der Waals surface area contributed by atoms with Crippen LogP contribution in [0.15, 0.2) is 78.9 Å². The highest BCUT2D eigenvalue weighted by Crippen LogP contribution is 2.36. The zero-order chi connectivity index (χ0) is 34.9. The van der Waals surface area contributed by atoms with Crippen molar-refractivity contribution in [3.63, 3.8) is 0 Å². The van der Waals surface area contributed by atoms with E-state index in [4.69, 9.17) is 23.5 Å². The first kappa shape index (κ1) is 36.2. The predicted octanol–water partition coefficient (Wildman–Crippen LogP) is 3.77. The molecule has 48 heavy (non-hydrogen) atoms. The van der Waals surface area contributed by atoms with E-state index in [1.807, 2.05) is 82.3 Å². The van der Waals surface area contributed by atoms with Gasteiger partial charge in [0.25, 0.3) is 0 Å². The third-order valence-electron chi connectivity index (χ3n) is 8.50. The highest BCUT2D eigenvalue weighted by atomic mass is 16.7. The number of hydrogen-bond acceptors (Lipinski definition) is 10. The van der Waals surface area contributed by atoms with Crippen LogP contribution in [0.25, 0.3) is 0 Å². The molecule has 254 valence electrons. The zero-order valence-electron chi connectivity index (χ0n) is 27.9. The number of phenolic OH excluding ortho intramolecular Hbond substituents is 1. The summed E-state index contributed by atoms with van der Waals surface area (Å²) < 4.78 is 27.9. The standard InChI is InChI=1S/C36H42BNO10/c1-35(2)36(3,4)48-37(47-35)28-16-14-24(15-17-28)19-30(34(43)46-22-25-10-7-6-8-11-25)38-33(42)27(20-31(40)44-5)21-32(41)45-23-26-12-9-13-29(39)18-26/h6-18,27,30,39H,19-23H2,1-5H3,(H,38,42)/t27-,30+/m1/s1. The van der Waals surface area contributed by atoms with Crippen LogP contribution in [0.4, 0.5) is 0 Å². The van der Waals surface area contributed by atoms with E-state index in [1.54, 1.807) is 12.1 Å². The second-order valence-corrected chi connectivity index (χ2v) is 12.7. The summed E-state index contributed by atoms with van der Waals surface area (Å²) in [6.07, 6.45) is -0.803. The Morgan fingerprint density at radius 1 is 0.771 bits per heavy atom. The van der Waals surface area contributed by atoms with Crippen molar-refractivity contribution in [3.8, 4) is 5.75 Å². The van der Waals surface area contributed by atoms with Gasteiger partial charge in [-0.05, 0) is 62.0 Å². The maximum absolute atomic E-state index is 13.6. The van der Waals surface area contributed by atoms with Gasteiger partial charge in [-0.25, -0.2) is 4.79 Å². The second-order valence-electron chi connectivity index (χ2n) is 12.7. The lowest BCUT2D eigenvalue weighted by Gasteiger charge is -2.32. The molecule has 1 aliphatic rings. The summed E-state index contributed by atoms with van der Waals surface area (Å²) in [4.78, 5) is 52.0. The summed E-state index contributed by atoms with van der Waals surface area (Å²) in [5.41, 5.74) is 1.81. The average Bonchev–Trinajstić information content (AvgIpc) is 3.28. The van der Waals surface area contributed by atoms with Crippen molar-refractivity contribution in [1.29, 1.82) is 0 Å². The second kappa shape index (κ2) is 15.9. The molecule has 1 heterocycles. The predicted molar refractivity (Wildman–Crippen MR) is 177 cm³/mol. The zero-order valence-corrected chi connectivity index (χ0v) is 27.9. The largest absolute Gasteiger partial charge is 0.508 e. The summed E-state index contributed by atoms with van der Waals surface area (Å²) in [5.74, 6) is -4.04. The van der Waals surface area contributed by atoms with E-state index in [0.29, 0.717) is 11.1 Å². The summed E-state index contributed by atoms with van der Waals surface area (Å²) >= 11 is 0. The van der Waals surface area contributed by atoms with Gasteiger partial charge in [-0.1, -0.05) is 66.7 Å². The smallest absolute Gasteiger partial charge is 0.494 e. The van der Waals surface area contributed by atoms with Gasteiger partial charge >= 0.3 is 25.0 Å². The van der Waals surface area contributed by atoms with Gasteiger partial charge in [0.2, 0.25) is 5.91 Å². The van der Waals surface area contributed by atoms with Gasteiger partial charge in [0.15, 0.2) is 0 Å². The van der Waals surface area contributed by atoms with Crippen LogP contribution in [-0.2, 0) is 62.3 Å². The quantitative estimate of drug-likeness (QED) is 0.149. The molecular formula is C36H42BNO10. The maximum atomic E-state index is 13.6.